The van der Waals surface area contributed by atoms with Gasteiger partial charge in [0.1, 0.15) is 5.69 Å². The lowest BCUT2D eigenvalue weighted by atomic mass is 10.1. The Hall–Kier alpha value is -2.53. The molecular formula is C15H14N4O. The van der Waals surface area contributed by atoms with Gasteiger partial charge in [-0.1, -0.05) is 36.4 Å². The van der Waals surface area contributed by atoms with Crippen LogP contribution in [0.1, 0.15) is 17.5 Å². The molecule has 2 heterocycles. The van der Waals surface area contributed by atoms with Crippen molar-refractivity contribution in [3.8, 4) is 11.6 Å². The van der Waals surface area contributed by atoms with Crippen LogP contribution in [0.2, 0.25) is 0 Å². The van der Waals surface area contributed by atoms with E-state index in [-0.39, 0.29) is 6.04 Å². The van der Waals surface area contributed by atoms with Crippen LogP contribution in [0.15, 0.2) is 59.1 Å². The summed E-state index contributed by atoms with van der Waals surface area (Å²) in [5.41, 5.74) is 7.89. The largest absolute Gasteiger partial charge is 0.418 e. The summed E-state index contributed by atoms with van der Waals surface area (Å²) in [7, 11) is 0. The summed E-state index contributed by atoms with van der Waals surface area (Å²) in [5.74, 6) is 0.818. The minimum Gasteiger partial charge on any atom is -0.418 e. The number of nitrogens with zero attached hydrogens (tertiary/aromatic N) is 3. The minimum absolute atomic E-state index is 0.317. The molecule has 0 saturated carbocycles. The fraction of sp³-hybridized carbons (Fsp3) is 0.133. The first-order valence-electron chi connectivity index (χ1n) is 6.37. The summed E-state index contributed by atoms with van der Waals surface area (Å²) < 4.78 is 5.59. The zero-order chi connectivity index (χ0) is 13.8. The highest BCUT2D eigenvalue weighted by Gasteiger charge is 2.16. The second-order valence-electron chi connectivity index (χ2n) is 4.46. The van der Waals surface area contributed by atoms with E-state index in [0.717, 1.165) is 5.56 Å². The van der Waals surface area contributed by atoms with E-state index >= 15 is 0 Å². The summed E-state index contributed by atoms with van der Waals surface area (Å²) in [5, 5.41) is 8.00. The van der Waals surface area contributed by atoms with Crippen LogP contribution in [0.3, 0.4) is 0 Å². The maximum absolute atomic E-state index is 6.10. The van der Waals surface area contributed by atoms with Gasteiger partial charge in [-0.25, -0.2) is 0 Å². The van der Waals surface area contributed by atoms with Gasteiger partial charge in [-0.2, -0.15) is 0 Å². The van der Waals surface area contributed by atoms with Crippen molar-refractivity contribution in [3.63, 3.8) is 0 Å². The molecule has 0 aliphatic heterocycles. The van der Waals surface area contributed by atoms with Gasteiger partial charge in [0.2, 0.25) is 5.89 Å². The van der Waals surface area contributed by atoms with Crippen molar-refractivity contribution >= 4 is 0 Å². The molecular weight excluding hydrogens is 252 g/mol. The molecule has 0 amide bonds. The summed E-state index contributed by atoms with van der Waals surface area (Å²) in [6.07, 6.45) is 2.34. The Kier molecular flexibility index (Phi) is 3.52. The summed E-state index contributed by atoms with van der Waals surface area (Å²) in [6, 6.07) is 15.2. The van der Waals surface area contributed by atoms with Gasteiger partial charge in [-0.3, -0.25) is 4.98 Å². The van der Waals surface area contributed by atoms with Crippen LogP contribution in [-0.4, -0.2) is 15.2 Å². The third kappa shape index (κ3) is 2.73. The van der Waals surface area contributed by atoms with Crippen LogP contribution in [0, 0.1) is 0 Å². The lowest BCUT2D eigenvalue weighted by Crippen LogP contribution is -2.13. The van der Waals surface area contributed by atoms with Crippen molar-refractivity contribution in [1.82, 2.24) is 15.2 Å². The number of aromatic nitrogens is 3. The van der Waals surface area contributed by atoms with Gasteiger partial charge in [0.25, 0.3) is 5.89 Å². The molecule has 0 bridgehead atoms. The highest BCUT2D eigenvalue weighted by atomic mass is 16.4. The highest BCUT2D eigenvalue weighted by molar-refractivity contribution is 5.45. The normalized spacial score (nSPS) is 12.2. The average Bonchev–Trinajstić information content (AvgIpc) is 2.99. The molecule has 0 aliphatic carbocycles. The third-order valence-corrected chi connectivity index (χ3v) is 2.94. The molecule has 5 nitrogen and oxygen atoms in total. The first-order valence-corrected chi connectivity index (χ1v) is 6.37. The molecule has 0 fully saturated rings. The Balaban J connectivity index is 1.77. The third-order valence-electron chi connectivity index (χ3n) is 2.94. The molecule has 2 N–H and O–H groups in total. The van der Waals surface area contributed by atoms with Crippen LogP contribution < -0.4 is 5.73 Å². The highest BCUT2D eigenvalue weighted by Crippen LogP contribution is 2.19. The molecule has 0 spiro atoms. The second kappa shape index (κ2) is 5.63. The maximum atomic E-state index is 6.10. The molecule has 3 aromatic rings. The lowest BCUT2D eigenvalue weighted by molar-refractivity contribution is 0.456. The van der Waals surface area contributed by atoms with E-state index < -0.39 is 0 Å². The Morgan fingerprint density at radius 1 is 1.00 bits per heavy atom. The molecule has 5 heteroatoms. The Morgan fingerprint density at radius 2 is 1.80 bits per heavy atom. The molecule has 3 rings (SSSR count). The van der Waals surface area contributed by atoms with Crippen molar-refractivity contribution in [1.29, 1.82) is 0 Å². The zero-order valence-corrected chi connectivity index (χ0v) is 10.8. The van der Waals surface area contributed by atoms with Gasteiger partial charge >= 0.3 is 0 Å². The molecule has 1 atom stereocenters. The lowest BCUT2D eigenvalue weighted by Gasteiger charge is -2.06. The monoisotopic (exact) mass is 266 g/mol. The van der Waals surface area contributed by atoms with Crippen molar-refractivity contribution in [3.05, 3.63) is 66.2 Å². The molecule has 20 heavy (non-hydrogen) atoms. The second-order valence-corrected chi connectivity index (χ2v) is 4.46. The summed E-state index contributed by atoms with van der Waals surface area (Å²) in [4.78, 5) is 4.17. The first kappa shape index (κ1) is 12.5. The number of hydrogen-bond acceptors (Lipinski definition) is 5. The fourth-order valence-corrected chi connectivity index (χ4v) is 1.93. The fourth-order valence-electron chi connectivity index (χ4n) is 1.93. The molecule has 0 aliphatic rings. The van der Waals surface area contributed by atoms with E-state index in [1.807, 2.05) is 48.5 Å². The predicted octanol–water partition coefficient (Wildman–Crippen LogP) is 2.37. The van der Waals surface area contributed by atoms with Crippen LogP contribution in [0.25, 0.3) is 11.6 Å². The van der Waals surface area contributed by atoms with Gasteiger partial charge in [0.05, 0.1) is 6.04 Å². The number of hydrogen-bond donors (Lipinski definition) is 1. The van der Waals surface area contributed by atoms with Crippen LogP contribution in [0.4, 0.5) is 0 Å². The van der Waals surface area contributed by atoms with Crippen molar-refractivity contribution in [2.75, 3.05) is 0 Å². The van der Waals surface area contributed by atoms with E-state index in [9.17, 15) is 0 Å². The van der Waals surface area contributed by atoms with Gasteiger partial charge in [-0.15, -0.1) is 10.2 Å². The van der Waals surface area contributed by atoms with Crippen LogP contribution in [0.5, 0.6) is 0 Å². The summed E-state index contributed by atoms with van der Waals surface area (Å²) in [6.45, 7) is 0. The van der Waals surface area contributed by atoms with Crippen molar-refractivity contribution in [2.45, 2.75) is 12.5 Å². The van der Waals surface area contributed by atoms with E-state index in [1.165, 1.54) is 0 Å². The molecule has 0 radical (unpaired) electrons. The molecule has 1 aromatic carbocycles. The number of benzene rings is 1. The quantitative estimate of drug-likeness (QED) is 0.784. The van der Waals surface area contributed by atoms with Crippen molar-refractivity contribution in [2.24, 2.45) is 5.73 Å². The first-order chi connectivity index (χ1) is 9.83. The number of pyridine rings is 1. The SMILES string of the molecule is NC(Cc1ccccc1)c1nnc(-c2ccccn2)o1. The zero-order valence-electron chi connectivity index (χ0n) is 10.8. The standard InChI is InChI=1S/C15H14N4O/c16-12(10-11-6-2-1-3-7-11)14-18-19-15(20-14)13-8-4-5-9-17-13/h1-9,12H,10,16H2. The molecule has 2 aromatic heterocycles. The Labute approximate surface area is 116 Å². The number of rotatable bonds is 4. The van der Waals surface area contributed by atoms with Crippen LogP contribution in [-0.2, 0) is 6.42 Å². The topological polar surface area (TPSA) is 77.8 Å². The Morgan fingerprint density at radius 3 is 2.55 bits per heavy atom. The molecule has 1 unspecified atom stereocenters. The van der Waals surface area contributed by atoms with Gasteiger partial charge in [-0.05, 0) is 24.1 Å². The van der Waals surface area contributed by atoms with Gasteiger partial charge in [0, 0.05) is 6.20 Å². The van der Waals surface area contributed by atoms with E-state index in [4.69, 9.17) is 10.2 Å². The van der Waals surface area contributed by atoms with E-state index in [2.05, 4.69) is 15.2 Å². The maximum Gasteiger partial charge on any atom is 0.266 e. The van der Waals surface area contributed by atoms with E-state index in [0.29, 0.717) is 23.9 Å². The smallest absolute Gasteiger partial charge is 0.266 e. The van der Waals surface area contributed by atoms with Crippen LogP contribution >= 0.6 is 0 Å². The van der Waals surface area contributed by atoms with E-state index in [1.54, 1.807) is 6.20 Å². The van der Waals surface area contributed by atoms with Gasteiger partial charge in [0.15, 0.2) is 0 Å². The number of nitrogens with two attached hydrogens (primary N) is 1. The molecule has 0 saturated heterocycles. The predicted molar refractivity (Wildman–Crippen MR) is 74.6 cm³/mol. The average molecular weight is 266 g/mol. The molecule has 100 valence electrons. The van der Waals surface area contributed by atoms with Gasteiger partial charge < -0.3 is 10.2 Å². The van der Waals surface area contributed by atoms with Crippen molar-refractivity contribution < 1.29 is 4.42 Å². The minimum atomic E-state index is -0.317. The summed E-state index contributed by atoms with van der Waals surface area (Å²) >= 11 is 0. The Bertz CT molecular complexity index is 667.